The van der Waals surface area contributed by atoms with E-state index in [0.717, 1.165) is 59.4 Å². The Morgan fingerprint density at radius 3 is 2.22 bits per heavy atom. The number of hydrogen-bond donors (Lipinski definition) is 2. The summed E-state index contributed by atoms with van der Waals surface area (Å²) in [4.78, 5) is 1.32. The molecule has 2 aliphatic carbocycles. The summed E-state index contributed by atoms with van der Waals surface area (Å²) in [5.74, 6) is -1.90. The maximum Gasteiger partial charge on any atom is 0.209 e. The van der Waals surface area contributed by atoms with E-state index in [1.807, 2.05) is 60.9 Å². The molecule has 6 rings (SSSR count). The molecule has 0 aromatic heterocycles. The number of fused-ring (bicyclic) bond motifs is 5. The lowest BCUT2D eigenvalue weighted by Gasteiger charge is -2.31. The monoisotopic (exact) mass is 800 g/mol. The summed E-state index contributed by atoms with van der Waals surface area (Å²) in [5, 5.41) is 21.3. The number of benzene rings is 2. The van der Waals surface area contributed by atoms with Crippen molar-refractivity contribution in [2.24, 2.45) is 0 Å². The number of β-amino-alcohol motifs (C(OH)–C–C–N with tert-alkyl or cyclic N) is 2. The Morgan fingerprint density at radius 2 is 1.57 bits per heavy atom. The Labute approximate surface area is 317 Å². The first-order valence-electron chi connectivity index (χ1n) is 17.8. The molecule has 0 amide bonds. The average Bonchev–Trinajstić information content (AvgIpc) is 3.77. The molecule has 2 aromatic carbocycles. The fraction of sp³-hybridized carbons (Fsp3) is 0.447. The topological polar surface area (TPSA) is 218 Å². The number of aliphatic hydroxyl groups excluding tert-OH is 2. The van der Waals surface area contributed by atoms with Crippen molar-refractivity contribution in [2.45, 2.75) is 87.2 Å². The molecule has 2 heterocycles. The summed E-state index contributed by atoms with van der Waals surface area (Å²) in [6, 6.07) is 10.1. The zero-order valence-electron chi connectivity index (χ0n) is 30.3. The van der Waals surface area contributed by atoms with Crippen molar-refractivity contribution >= 4 is 47.4 Å². The Morgan fingerprint density at radius 1 is 0.907 bits per heavy atom. The molecule has 54 heavy (non-hydrogen) atoms. The van der Waals surface area contributed by atoms with E-state index in [1.54, 1.807) is 4.90 Å². The van der Waals surface area contributed by atoms with Crippen LogP contribution in [0.4, 0.5) is 11.4 Å². The molecular weight excluding hydrogens is 757 g/mol. The van der Waals surface area contributed by atoms with Crippen LogP contribution in [0.25, 0.3) is 0 Å². The number of nitrogens with zero attached hydrogens (tertiary/aromatic N) is 2. The van der Waals surface area contributed by atoms with Gasteiger partial charge in [-0.2, -0.15) is 4.58 Å². The maximum absolute atomic E-state index is 12.0. The van der Waals surface area contributed by atoms with Gasteiger partial charge in [0.2, 0.25) is 5.69 Å². The van der Waals surface area contributed by atoms with Crippen molar-refractivity contribution < 1.29 is 53.7 Å². The standard InChI is InChI=1S/C38H46N2O11S3/c1-25(9-11-27-15-18-37(3)31-19-26(2)10-13-33(31)40(36(27)37)22-29(42)24-53(46,47)48)7-6-8-35-38(16-4-5-17-38)32-20-30(54(49,50)51)12-14-34(32)39(35)21-28(41)23-52(43,44)45/h6-14,19-20,28-29,41-42H,4-5,15-18,21-24H2,1-3H3,(H2-,43,44,45,46,47,48,49,50,51)/p-2. The number of aliphatic hydroxyl groups is 2. The molecule has 0 saturated heterocycles. The molecule has 3 unspecified atom stereocenters. The minimum absolute atomic E-state index is 0.0612. The van der Waals surface area contributed by atoms with Crippen LogP contribution in [-0.2, 0) is 41.2 Å². The molecule has 2 fully saturated rings. The van der Waals surface area contributed by atoms with E-state index in [1.165, 1.54) is 18.2 Å². The third kappa shape index (κ3) is 8.07. The van der Waals surface area contributed by atoms with Crippen LogP contribution in [0.2, 0.25) is 0 Å². The summed E-state index contributed by atoms with van der Waals surface area (Å²) in [6.07, 6.45) is 10.9. The van der Waals surface area contributed by atoms with Crippen LogP contribution >= 0.6 is 0 Å². The Bertz CT molecular complexity index is 2350. The number of allylic oxidation sites excluding steroid dienone is 8. The number of hydrogen-bond acceptors (Lipinski definition) is 12. The number of anilines is 1. The highest BCUT2D eigenvalue weighted by Gasteiger charge is 2.54. The van der Waals surface area contributed by atoms with Gasteiger partial charge in [0.15, 0.2) is 12.3 Å². The lowest BCUT2D eigenvalue weighted by Crippen LogP contribution is -2.37. The van der Waals surface area contributed by atoms with Gasteiger partial charge < -0.3 is 28.8 Å². The quantitative estimate of drug-likeness (QED) is 0.179. The molecule has 2 aliphatic heterocycles. The Kier molecular flexibility index (Phi) is 10.8. The van der Waals surface area contributed by atoms with Crippen LogP contribution in [0, 0.1) is 6.92 Å². The van der Waals surface area contributed by atoms with Crippen LogP contribution in [0.5, 0.6) is 0 Å². The second kappa shape index (κ2) is 14.5. The maximum atomic E-state index is 12.0. The molecule has 0 bridgehead atoms. The van der Waals surface area contributed by atoms with E-state index < -0.39 is 59.5 Å². The molecule has 292 valence electrons. The summed E-state index contributed by atoms with van der Waals surface area (Å²) < 4.78 is 107. The average molecular weight is 801 g/mol. The minimum Gasteiger partial charge on any atom is -0.748 e. The van der Waals surface area contributed by atoms with Crippen LogP contribution in [0.3, 0.4) is 0 Å². The number of aryl methyl sites for hydroxylation is 1. The molecular formula is C38H44N2O11S3-2. The van der Waals surface area contributed by atoms with Crippen molar-refractivity contribution in [3.63, 3.8) is 0 Å². The van der Waals surface area contributed by atoms with Gasteiger partial charge >= 0.3 is 0 Å². The predicted molar refractivity (Wildman–Crippen MR) is 200 cm³/mol. The smallest absolute Gasteiger partial charge is 0.209 e. The van der Waals surface area contributed by atoms with Gasteiger partial charge in [-0.1, -0.05) is 54.3 Å². The normalized spacial score (nSPS) is 23.9. The first-order chi connectivity index (χ1) is 25.1. The van der Waals surface area contributed by atoms with Gasteiger partial charge in [0.25, 0.3) is 0 Å². The molecule has 2 saturated carbocycles. The van der Waals surface area contributed by atoms with Crippen molar-refractivity contribution in [3.05, 3.63) is 100 Å². The highest BCUT2D eigenvalue weighted by molar-refractivity contribution is 7.86. The first-order valence-corrected chi connectivity index (χ1v) is 22.3. The fourth-order valence-electron chi connectivity index (χ4n) is 8.85. The van der Waals surface area contributed by atoms with E-state index in [2.05, 4.69) is 13.0 Å². The first kappa shape index (κ1) is 40.2. The lowest BCUT2D eigenvalue weighted by molar-refractivity contribution is -0.448. The second-order valence-corrected chi connectivity index (χ2v) is 19.4. The van der Waals surface area contributed by atoms with E-state index in [9.17, 15) is 49.1 Å². The third-order valence-electron chi connectivity index (χ3n) is 11.1. The number of rotatable bonds is 12. The van der Waals surface area contributed by atoms with Gasteiger partial charge in [0, 0.05) is 40.5 Å². The molecule has 2 aromatic rings. The van der Waals surface area contributed by atoms with E-state index in [4.69, 9.17) is 0 Å². The van der Waals surface area contributed by atoms with Crippen LogP contribution in [-0.4, -0.2) is 96.2 Å². The van der Waals surface area contributed by atoms with E-state index in [-0.39, 0.29) is 23.4 Å². The summed E-state index contributed by atoms with van der Waals surface area (Å²) in [7, 11) is -14.2. The third-order valence-corrected chi connectivity index (χ3v) is 13.5. The predicted octanol–water partition coefficient (Wildman–Crippen LogP) is 3.51. The molecule has 3 atom stereocenters. The second-order valence-electron chi connectivity index (χ2n) is 15.1. The minimum atomic E-state index is -4.78. The van der Waals surface area contributed by atoms with Gasteiger partial charge in [-0.3, -0.25) is 0 Å². The van der Waals surface area contributed by atoms with Crippen molar-refractivity contribution in [2.75, 3.05) is 29.5 Å². The molecule has 2 N–H and O–H groups in total. The van der Waals surface area contributed by atoms with E-state index in [0.29, 0.717) is 29.8 Å². The van der Waals surface area contributed by atoms with Crippen LogP contribution in [0.15, 0.2) is 88.5 Å². The molecule has 4 aliphatic rings. The van der Waals surface area contributed by atoms with Crippen molar-refractivity contribution in [1.29, 1.82) is 0 Å². The van der Waals surface area contributed by atoms with Gasteiger partial charge in [-0.15, -0.1) is 0 Å². The van der Waals surface area contributed by atoms with Crippen molar-refractivity contribution in [3.8, 4) is 0 Å². The fourth-order valence-corrected chi connectivity index (χ4v) is 10.5. The van der Waals surface area contributed by atoms with Gasteiger partial charge in [-0.25, -0.2) is 25.3 Å². The SMILES string of the molecule is CC(/C=C/C=C1\N(CC(O)CS(=O)(=O)[O-])c2ccc(S(=O)(=O)[O-])cc2C12CCCC2)=C\C=C1/CCC2(C)C1=[N+](CC(O)CS(=O)(=O)[O-])c1ccc(C)cc12. The Balaban J connectivity index is 1.35. The van der Waals surface area contributed by atoms with Crippen LogP contribution in [0.1, 0.15) is 69.1 Å². The molecule has 13 nitrogen and oxygen atoms in total. The van der Waals surface area contributed by atoms with Gasteiger partial charge in [0.1, 0.15) is 16.2 Å². The highest BCUT2D eigenvalue weighted by atomic mass is 32.2. The molecule has 16 heteroatoms. The van der Waals surface area contributed by atoms with E-state index >= 15 is 0 Å². The summed E-state index contributed by atoms with van der Waals surface area (Å²) >= 11 is 0. The zero-order chi connectivity index (χ0) is 39.4. The molecule has 0 radical (unpaired) electrons. The molecule has 1 spiro atoms. The highest BCUT2D eigenvalue weighted by Crippen LogP contribution is 2.57. The Hall–Kier alpha value is -3.48. The summed E-state index contributed by atoms with van der Waals surface area (Å²) in [6.45, 7) is 5.72. The largest absolute Gasteiger partial charge is 0.748 e. The van der Waals surface area contributed by atoms with Gasteiger partial charge in [-0.05, 0) is 82.4 Å². The zero-order valence-corrected chi connectivity index (χ0v) is 32.7. The van der Waals surface area contributed by atoms with Crippen molar-refractivity contribution in [1.82, 2.24) is 0 Å². The summed E-state index contributed by atoms with van der Waals surface area (Å²) in [5.41, 5.74) is 6.53. The lowest BCUT2D eigenvalue weighted by atomic mass is 9.78. The van der Waals surface area contributed by atoms with Gasteiger partial charge in [0.05, 0.1) is 48.2 Å². The van der Waals surface area contributed by atoms with Crippen LogP contribution < -0.4 is 4.90 Å².